The molecule has 0 saturated heterocycles. The summed E-state index contributed by atoms with van der Waals surface area (Å²) in [4.78, 5) is 11.4. The number of hydrogen-bond acceptors (Lipinski definition) is 2. The van der Waals surface area contributed by atoms with Crippen LogP contribution >= 0.6 is 11.6 Å². The van der Waals surface area contributed by atoms with Gasteiger partial charge < -0.3 is 4.74 Å². The lowest BCUT2D eigenvalue weighted by Crippen LogP contribution is -2.10. The van der Waals surface area contributed by atoms with Gasteiger partial charge in [0.15, 0.2) is 0 Å². The van der Waals surface area contributed by atoms with E-state index >= 15 is 0 Å². The third-order valence-corrected chi connectivity index (χ3v) is 2.88. The maximum absolute atomic E-state index is 11.4. The molecule has 0 N–H and O–H groups in total. The summed E-state index contributed by atoms with van der Waals surface area (Å²) in [7, 11) is 0. The zero-order chi connectivity index (χ0) is 10.1. The molecule has 0 spiro atoms. The summed E-state index contributed by atoms with van der Waals surface area (Å²) >= 11 is 5.48. The molecule has 0 aromatic carbocycles. The highest BCUT2D eigenvalue weighted by Crippen LogP contribution is 2.59. The molecule has 1 aliphatic carbocycles. The van der Waals surface area contributed by atoms with Crippen LogP contribution in [0.3, 0.4) is 0 Å². The first-order valence-electron chi connectivity index (χ1n) is 4.49. The minimum atomic E-state index is -0.104. The molecule has 1 fully saturated rings. The van der Waals surface area contributed by atoms with Crippen LogP contribution in [0, 0.1) is 17.3 Å². The van der Waals surface area contributed by atoms with Gasteiger partial charge in [-0.05, 0) is 18.3 Å². The smallest absolute Gasteiger partial charge is 0.310 e. The summed E-state index contributed by atoms with van der Waals surface area (Å²) in [6.07, 6.45) is 1.86. The molecule has 74 valence electrons. The minimum Gasteiger partial charge on any atom is -0.466 e. The molecule has 13 heavy (non-hydrogen) atoms. The SMILES string of the molecule is CCOC(=O)C1C(C=CCl)C1(C)C. The van der Waals surface area contributed by atoms with Gasteiger partial charge in [0.2, 0.25) is 0 Å². The minimum absolute atomic E-state index is 0.0116. The third-order valence-electron chi connectivity index (χ3n) is 2.73. The van der Waals surface area contributed by atoms with Crippen molar-refractivity contribution in [3.8, 4) is 0 Å². The monoisotopic (exact) mass is 202 g/mol. The van der Waals surface area contributed by atoms with E-state index in [4.69, 9.17) is 16.3 Å². The summed E-state index contributed by atoms with van der Waals surface area (Å²) in [5.74, 6) is 0.124. The lowest BCUT2D eigenvalue weighted by atomic mass is 10.1. The van der Waals surface area contributed by atoms with E-state index in [1.165, 1.54) is 5.54 Å². The van der Waals surface area contributed by atoms with Gasteiger partial charge in [-0.3, -0.25) is 4.79 Å². The average molecular weight is 203 g/mol. The van der Waals surface area contributed by atoms with Crippen molar-refractivity contribution in [1.82, 2.24) is 0 Å². The van der Waals surface area contributed by atoms with Crippen LogP contribution in [0.1, 0.15) is 20.8 Å². The van der Waals surface area contributed by atoms with E-state index in [-0.39, 0.29) is 23.2 Å². The molecule has 0 amide bonds. The molecule has 0 bridgehead atoms. The summed E-state index contributed by atoms with van der Waals surface area (Å²) in [5.41, 5.74) is 1.49. The Kier molecular flexibility index (Phi) is 3.01. The molecule has 0 radical (unpaired) electrons. The number of esters is 1. The first-order chi connectivity index (χ1) is 6.05. The normalized spacial score (nSPS) is 30.5. The molecular formula is C10H15ClO2. The van der Waals surface area contributed by atoms with Gasteiger partial charge in [-0.2, -0.15) is 0 Å². The van der Waals surface area contributed by atoms with Crippen molar-refractivity contribution >= 4 is 17.6 Å². The van der Waals surface area contributed by atoms with Gasteiger partial charge >= 0.3 is 5.97 Å². The Morgan fingerprint density at radius 3 is 2.69 bits per heavy atom. The topological polar surface area (TPSA) is 26.3 Å². The van der Waals surface area contributed by atoms with Gasteiger partial charge in [-0.25, -0.2) is 0 Å². The van der Waals surface area contributed by atoms with Crippen LogP contribution in [-0.4, -0.2) is 12.6 Å². The zero-order valence-corrected chi connectivity index (χ0v) is 8.97. The van der Waals surface area contributed by atoms with Crippen LogP contribution in [0.25, 0.3) is 0 Å². The molecule has 0 aromatic rings. The molecule has 0 aliphatic heterocycles. The molecule has 3 heteroatoms. The van der Waals surface area contributed by atoms with E-state index in [0.29, 0.717) is 6.61 Å². The molecule has 1 rings (SSSR count). The Labute approximate surface area is 83.9 Å². The van der Waals surface area contributed by atoms with Gasteiger partial charge in [-0.1, -0.05) is 31.5 Å². The van der Waals surface area contributed by atoms with Crippen LogP contribution in [-0.2, 0) is 9.53 Å². The summed E-state index contributed by atoms with van der Waals surface area (Å²) < 4.78 is 4.96. The summed E-state index contributed by atoms with van der Waals surface area (Å²) in [6.45, 7) is 6.37. The lowest BCUT2D eigenvalue weighted by Gasteiger charge is -2.01. The van der Waals surface area contributed by atoms with Crippen LogP contribution in [0.5, 0.6) is 0 Å². The van der Waals surface area contributed by atoms with Gasteiger partial charge in [0.05, 0.1) is 12.5 Å². The molecule has 0 heterocycles. The Balaban J connectivity index is 2.59. The maximum Gasteiger partial charge on any atom is 0.310 e. The van der Waals surface area contributed by atoms with Crippen molar-refractivity contribution in [2.45, 2.75) is 20.8 Å². The van der Waals surface area contributed by atoms with Gasteiger partial charge in [0, 0.05) is 5.54 Å². The first kappa shape index (κ1) is 10.6. The quantitative estimate of drug-likeness (QED) is 0.658. The summed E-state index contributed by atoms with van der Waals surface area (Å²) in [6, 6.07) is 0. The molecule has 2 unspecified atom stereocenters. The number of carbonyl (C=O) groups excluding carboxylic acids is 1. The Hall–Kier alpha value is -0.500. The van der Waals surface area contributed by atoms with Crippen LogP contribution in [0.4, 0.5) is 0 Å². The fourth-order valence-electron chi connectivity index (χ4n) is 1.80. The summed E-state index contributed by atoms with van der Waals surface area (Å²) in [5, 5.41) is 0. The standard InChI is InChI=1S/C10H15ClO2/c1-4-13-9(12)8-7(5-6-11)10(8,2)3/h5-8H,4H2,1-3H3. The number of rotatable bonds is 3. The van der Waals surface area contributed by atoms with Gasteiger partial charge in [0.1, 0.15) is 0 Å². The molecule has 1 saturated carbocycles. The third kappa shape index (κ3) is 1.88. The number of ether oxygens (including phenoxy) is 1. The Bertz CT molecular complexity index is 233. The van der Waals surface area contributed by atoms with Gasteiger partial charge in [0.25, 0.3) is 0 Å². The van der Waals surface area contributed by atoms with E-state index in [9.17, 15) is 4.79 Å². The Morgan fingerprint density at radius 1 is 1.62 bits per heavy atom. The highest BCUT2D eigenvalue weighted by atomic mass is 35.5. The predicted octanol–water partition coefficient (Wildman–Crippen LogP) is 2.57. The first-order valence-corrected chi connectivity index (χ1v) is 4.92. The van der Waals surface area contributed by atoms with E-state index in [0.717, 1.165) is 0 Å². The van der Waals surface area contributed by atoms with Crippen LogP contribution in [0.2, 0.25) is 0 Å². The number of hydrogen-bond donors (Lipinski definition) is 0. The maximum atomic E-state index is 11.4. The molecule has 1 aliphatic rings. The second-order valence-corrected chi connectivity index (χ2v) is 4.15. The van der Waals surface area contributed by atoms with Crippen molar-refractivity contribution in [2.75, 3.05) is 6.61 Å². The van der Waals surface area contributed by atoms with Crippen LogP contribution < -0.4 is 0 Å². The Morgan fingerprint density at radius 2 is 2.23 bits per heavy atom. The number of carbonyl (C=O) groups is 1. The zero-order valence-electron chi connectivity index (χ0n) is 8.21. The number of halogens is 1. The highest BCUT2D eigenvalue weighted by Gasteiger charge is 2.61. The second kappa shape index (κ2) is 3.70. The fourth-order valence-corrected chi connectivity index (χ4v) is 1.95. The highest BCUT2D eigenvalue weighted by molar-refractivity contribution is 6.25. The largest absolute Gasteiger partial charge is 0.466 e. The fraction of sp³-hybridized carbons (Fsp3) is 0.700. The molecular weight excluding hydrogens is 188 g/mol. The van der Waals surface area contributed by atoms with Crippen molar-refractivity contribution in [3.63, 3.8) is 0 Å². The van der Waals surface area contributed by atoms with Crippen molar-refractivity contribution in [3.05, 3.63) is 11.6 Å². The van der Waals surface area contributed by atoms with Gasteiger partial charge in [-0.15, -0.1) is 0 Å². The van der Waals surface area contributed by atoms with E-state index in [2.05, 4.69) is 13.8 Å². The number of allylic oxidation sites excluding steroid dienone is 1. The van der Waals surface area contributed by atoms with E-state index in [1.807, 2.05) is 13.0 Å². The predicted molar refractivity (Wildman–Crippen MR) is 52.4 cm³/mol. The molecule has 2 atom stereocenters. The molecule has 0 aromatic heterocycles. The van der Waals surface area contributed by atoms with Crippen molar-refractivity contribution in [1.29, 1.82) is 0 Å². The van der Waals surface area contributed by atoms with E-state index < -0.39 is 0 Å². The second-order valence-electron chi connectivity index (χ2n) is 3.90. The van der Waals surface area contributed by atoms with Crippen molar-refractivity contribution < 1.29 is 9.53 Å². The van der Waals surface area contributed by atoms with Crippen molar-refractivity contribution in [2.24, 2.45) is 17.3 Å². The van der Waals surface area contributed by atoms with E-state index in [1.54, 1.807) is 0 Å². The lowest BCUT2D eigenvalue weighted by molar-refractivity contribution is -0.145. The average Bonchev–Trinajstić information content (AvgIpc) is 2.55. The van der Waals surface area contributed by atoms with Crippen LogP contribution in [0.15, 0.2) is 11.6 Å². The molecule has 2 nitrogen and oxygen atoms in total.